The van der Waals surface area contributed by atoms with E-state index in [9.17, 15) is 13.9 Å². The van der Waals surface area contributed by atoms with E-state index in [1.165, 1.54) is 12.1 Å². The molecule has 0 radical (unpaired) electrons. The molecule has 1 aromatic rings. The van der Waals surface area contributed by atoms with Crippen LogP contribution in [0.3, 0.4) is 0 Å². The van der Waals surface area contributed by atoms with Crippen LogP contribution < -0.4 is 0 Å². The quantitative estimate of drug-likeness (QED) is 0.863. The van der Waals surface area contributed by atoms with Crippen molar-refractivity contribution < 1.29 is 18.6 Å². The van der Waals surface area contributed by atoms with Crippen LogP contribution in [0.15, 0.2) is 18.2 Å². The van der Waals surface area contributed by atoms with Gasteiger partial charge in [-0.3, -0.25) is 0 Å². The van der Waals surface area contributed by atoms with Gasteiger partial charge in [-0.05, 0) is 30.9 Å². The lowest BCUT2D eigenvalue weighted by Crippen LogP contribution is -2.32. The van der Waals surface area contributed by atoms with Gasteiger partial charge in [-0.2, -0.15) is 0 Å². The first kappa shape index (κ1) is 12.5. The summed E-state index contributed by atoms with van der Waals surface area (Å²) >= 11 is 0. The molecule has 1 aromatic carbocycles. The van der Waals surface area contributed by atoms with Crippen molar-refractivity contribution >= 4 is 0 Å². The second-order valence-electron chi connectivity index (χ2n) is 4.58. The van der Waals surface area contributed by atoms with Crippen molar-refractivity contribution in [3.05, 3.63) is 35.4 Å². The number of hydrogen-bond acceptors (Lipinski definition) is 2. The maximum Gasteiger partial charge on any atom is 0.162 e. The summed E-state index contributed by atoms with van der Waals surface area (Å²) in [5.74, 6) is -1.72. The zero-order valence-corrected chi connectivity index (χ0v) is 9.59. The van der Waals surface area contributed by atoms with Gasteiger partial charge in [-0.25, -0.2) is 8.78 Å². The van der Waals surface area contributed by atoms with E-state index in [1.807, 2.05) is 0 Å². The Morgan fingerprint density at radius 2 is 2.06 bits per heavy atom. The molecule has 17 heavy (non-hydrogen) atoms. The van der Waals surface area contributed by atoms with Crippen LogP contribution in [0.25, 0.3) is 0 Å². The van der Waals surface area contributed by atoms with Crippen molar-refractivity contribution in [2.75, 3.05) is 13.2 Å². The lowest BCUT2D eigenvalue weighted by molar-refractivity contribution is 0.0180. The molecule has 2 rings (SSSR count). The standard InChI is InChI=1S/C13H16F2O2/c14-11-4-1-3-10(12(11)15)9-13(16)5-2-7-17-8-6-13/h1,3-4,16H,2,5-9H2. The fourth-order valence-corrected chi connectivity index (χ4v) is 2.21. The maximum absolute atomic E-state index is 13.5. The highest BCUT2D eigenvalue weighted by molar-refractivity contribution is 5.21. The zero-order valence-electron chi connectivity index (χ0n) is 9.59. The Morgan fingerprint density at radius 1 is 1.24 bits per heavy atom. The molecule has 1 aliphatic heterocycles. The monoisotopic (exact) mass is 242 g/mol. The van der Waals surface area contributed by atoms with Crippen molar-refractivity contribution in [1.29, 1.82) is 0 Å². The number of hydrogen-bond donors (Lipinski definition) is 1. The van der Waals surface area contributed by atoms with Crippen LogP contribution in [0.2, 0.25) is 0 Å². The van der Waals surface area contributed by atoms with E-state index in [0.29, 0.717) is 26.1 Å². The summed E-state index contributed by atoms with van der Waals surface area (Å²) in [5, 5.41) is 10.4. The number of aliphatic hydroxyl groups is 1. The van der Waals surface area contributed by atoms with E-state index in [0.717, 1.165) is 12.5 Å². The van der Waals surface area contributed by atoms with Gasteiger partial charge in [-0.15, -0.1) is 0 Å². The molecule has 2 nitrogen and oxygen atoms in total. The number of halogens is 2. The van der Waals surface area contributed by atoms with Crippen molar-refractivity contribution in [1.82, 2.24) is 0 Å². The van der Waals surface area contributed by atoms with Crippen molar-refractivity contribution in [3.63, 3.8) is 0 Å². The summed E-state index contributed by atoms with van der Waals surface area (Å²) in [4.78, 5) is 0. The van der Waals surface area contributed by atoms with Gasteiger partial charge >= 0.3 is 0 Å². The highest BCUT2D eigenvalue weighted by Crippen LogP contribution is 2.27. The summed E-state index contributed by atoms with van der Waals surface area (Å²) in [5.41, 5.74) is -0.750. The van der Waals surface area contributed by atoms with E-state index in [-0.39, 0.29) is 12.0 Å². The number of benzene rings is 1. The van der Waals surface area contributed by atoms with Gasteiger partial charge in [0.25, 0.3) is 0 Å². The van der Waals surface area contributed by atoms with Gasteiger partial charge in [0.1, 0.15) is 0 Å². The van der Waals surface area contributed by atoms with Gasteiger partial charge in [-0.1, -0.05) is 12.1 Å². The Morgan fingerprint density at radius 3 is 2.88 bits per heavy atom. The Kier molecular flexibility index (Phi) is 3.74. The van der Waals surface area contributed by atoms with Crippen LogP contribution in [0.1, 0.15) is 24.8 Å². The molecule has 1 atom stereocenters. The largest absolute Gasteiger partial charge is 0.389 e. The summed E-state index contributed by atoms with van der Waals surface area (Å²) in [6, 6.07) is 4.06. The minimum atomic E-state index is -0.981. The van der Waals surface area contributed by atoms with Crippen LogP contribution >= 0.6 is 0 Å². The summed E-state index contributed by atoms with van der Waals surface area (Å²) < 4.78 is 31.8. The molecule has 0 bridgehead atoms. The Labute approximate surface area is 99.2 Å². The second-order valence-corrected chi connectivity index (χ2v) is 4.58. The van der Waals surface area contributed by atoms with E-state index < -0.39 is 17.2 Å². The first-order chi connectivity index (χ1) is 8.11. The zero-order chi connectivity index (χ0) is 12.3. The van der Waals surface area contributed by atoms with E-state index in [2.05, 4.69) is 0 Å². The van der Waals surface area contributed by atoms with Crippen molar-refractivity contribution in [3.8, 4) is 0 Å². The van der Waals surface area contributed by atoms with Crippen LogP contribution in [0.4, 0.5) is 8.78 Å². The molecule has 1 unspecified atom stereocenters. The third-order valence-corrected chi connectivity index (χ3v) is 3.19. The lowest BCUT2D eigenvalue weighted by Gasteiger charge is -2.26. The van der Waals surface area contributed by atoms with Crippen molar-refractivity contribution in [2.45, 2.75) is 31.3 Å². The SMILES string of the molecule is OC1(Cc2cccc(F)c2F)CCCOCC1. The second kappa shape index (κ2) is 5.10. The average molecular weight is 242 g/mol. The van der Waals surface area contributed by atoms with Gasteiger partial charge in [0.2, 0.25) is 0 Å². The smallest absolute Gasteiger partial charge is 0.162 e. The van der Waals surface area contributed by atoms with Crippen molar-refractivity contribution in [2.24, 2.45) is 0 Å². The van der Waals surface area contributed by atoms with Crippen LogP contribution in [-0.4, -0.2) is 23.9 Å². The summed E-state index contributed by atoms with van der Waals surface area (Å²) in [7, 11) is 0. The summed E-state index contributed by atoms with van der Waals surface area (Å²) in [6.07, 6.45) is 1.90. The first-order valence-electron chi connectivity index (χ1n) is 5.84. The first-order valence-corrected chi connectivity index (χ1v) is 5.84. The van der Waals surface area contributed by atoms with Crippen LogP contribution in [0, 0.1) is 11.6 Å². The van der Waals surface area contributed by atoms with Gasteiger partial charge in [0.15, 0.2) is 11.6 Å². The Bertz CT molecular complexity index is 385. The van der Waals surface area contributed by atoms with Crippen LogP contribution in [-0.2, 0) is 11.2 Å². The average Bonchev–Trinajstić information content (AvgIpc) is 2.50. The Balaban J connectivity index is 2.15. The van der Waals surface area contributed by atoms with E-state index >= 15 is 0 Å². The van der Waals surface area contributed by atoms with Gasteiger partial charge < -0.3 is 9.84 Å². The fraction of sp³-hybridized carbons (Fsp3) is 0.538. The molecule has 1 heterocycles. The molecule has 1 N–H and O–H groups in total. The third-order valence-electron chi connectivity index (χ3n) is 3.19. The molecular formula is C13H16F2O2. The molecular weight excluding hydrogens is 226 g/mol. The highest BCUT2D eigenvalue weighted by Gasteiger charge is 2.30. The lowest BCUT2D eigenvalue weighted by atomic mass is 9.87. The number of rotatable bonds is 2. The molecule has 1 fully saturated rings. The molecule has 0 amide bonds. The van der Waals surface area contributed by atoms with E-state index in [1.54, 1.807) is 0 Å². The molecule has 0 aromatic heterocycles. The van der Waals surface area contributed by atoms with E-state index in [4.69, 9.17) is 4.74 Å². The molecule has 0 saturated carbocycles. The maximum atomic E-state index is 13.5. The number of ether oxygens (including phenoxy) is 1. The fourth-order valence-electron chi connectivity index (χ4n) is 2.21. The van der Waals surface area contributed by atoms with Gasteiger partial charge in [0.05, 0.1) is 5.60 Å². The molecule has 4 heteroatoms. The molecule has 1 saturated heterocycles. The molecule has 1 aliphatic rings. The van der Waals surface area contributed by atoms with Crippen LogP contribution in [0.5, 0.6) is 0 Å². The summed E-state index contributed by atoms with van der Waals surface area (Å²) in [6.45, 7) is 1.08. The highest BCUT2D eigenvalue weighted by atomic mass is 19.2. The topological polar surface area (TPSA) is 29.5 Å². The minimum Gasteiger partial charge on any atom is -0.389 e. The third kappa shape index (κ3) is 3.01. The van der Waals surface area contributed by atoms with Gasteiger partial charge in [0, 0.05) is 19.6 Å². The Hall–Kier alpha value is -1.00. The normalized spacial score (nSPS) is 25.6. The minimum absolute atomic E-state index is 0.139. The predicted octanol–water partition coefficient (Wildman–Crippen LogP) is 2.44. The molecule has 94 valence electrons. The predicted molar refractivity (Wildman–Crippen MR) is 59.7 cm³/mol. The molecule has 0 aliphatic carbocycles. The molecule has 0 spiro atoms.